The Morgan fingerprint density at radius 1 is 1.17 bits per heavy atom. The molecule has 0 aliphatic rings. The number of benzene rings is 2. The highest BCUT2D eigenvalue weighted by Crippen LogP contribution is 2.38. The number of carbonyl (C=O) groups is 1. The van der Waals surface area contributed by atoms with Crippen LogP contribution in [0.25, 0.3) is 21.3 Å². The summed E-state index contributed by atoms with van der Waals surface area (Å²) in [6, 6.07) is 7.68. The molecule has 3 rings (SSSR count). The van der Waals surface area contributed by atoms with Crippen LogP contribution in [0.15, 0.2) is 30.3 Å². The van der Waals surface area contributed by atoms with Crippen LogP contribution in [-0.2, 0) is 14.9 Å². The number of aryl methyl sites for hydroxylation is 2. The van der Waals surface area contributed by atoms with Gasteiger partial charge in [-0.25, -0.2) is 9.78 Å². The number of alkyl halides is 3. The molecule has 160 valence electrons. The molecule has 0 unspecified atom stereocenters. The molecule has 2 aromatic carbocycles. The van der Waals surface area contributed by atoms with Gasteiger partial charge in [0, 0.05) is 10.9 Å². The molecular formula is C19H16F3NO5S2. The highest BCUT2D eigenvalue weighted by Gasteiger charge is 2.48. The molecule has 0 amide bonds. The number of fused-ring (bicyclic) bond motifs is 1. The summed E-state index contributed by atoms with van der Waals surface area (Å²) in [7, 11) is -5.87. The van der Waals surface area contributed by atoms with Crippen molar-refractivity contribution in [1.29, 1.82) is 0 Å². The van der Waals surface area contributed by atoms with Gasteiger partial charge in [0.25, 0.3) is 0 Å². The molecule has 11 heteroatoms. The van der Waals surface area contributed by atoms with Gasteiger partial charge in [-0.05, 0) is 44.4 Å². The Kier molecular flexibility index (Phi) is 5.79. The predicted molar refractivity (Wildman–Crippen MR) is 106 cm³/mol. The number of nitrogens with zero attached hydrogens (tertiary/aromatic N) is 1. The van der Waals surface area contributed by atoms with Crippen molar-refractivity contribution in [2.75, 3.05) is 6.61 Å². The lowest BCUT2D eigenvalue weighted by molar-refractivity contribution is -0.0499. The average molecular weight is 459 g/mol. The van der Waals surface area contributed by atoms with Gasteiger partial charge >= 0.3 is 21.6 Å². The fourth-order valence-electron chi connectivity index (χ4n) is 2.70. The Hall–Kier alpha value is -2.66. The van der Waals surface area contributed by atoms with E-state index in [0.29, 0.717) is 27.2 Å². The molecule has 0 bridgehead atoms. The van der Waals surface area contributed by atoms with E-state index in [0.717, 1.165) is 17.4 Å². The van der Waals surface area contributed by atoms with E-state index in [4.69, 9.17) is 4.74 Å². The van der Waals surface area contributed by atoms with Gasteiger partial charge in [0.1, 0.15) is 9.88 Å². The van der Waals surface area contributed by atoms with Crippen molar-refractivity contribution in [3.63, 3.8) is 0 Å². The first-order chi connectivity index (χ1) is 13.9. The lowest BCUT2D eigenvalue weighted by atomic mass is 10.0. The van der Waals surface area contributed by atoms with Crippen molar-refractivity contribution < 1.29 is 35.3 Å². The van der Waals surface area contributed by atoms with Crippen LogP contribution in [0.4, 0.5) is 13.2 Å². The zero-order valence-corrected chi connectivity index (χ0v) is 17.7. The van der Waals surface area contributed by atoms with Crippen LogP contribution in [0.3, 0.4) is 0 Å². The lowest BCUT2D eigenvalue weighted by Crippen LogP contribution is -2.28. The summed E-state index contributed by atoms with van der Waals surface area (Å²) in [5, 5.41) is 0.966. The Balaban J connectivity index is 2.18. The summed E-state index contributed by atoms with van der Waals surface area (Å²) in [5.41, 5.74) is -4.17. The van der Waals surface area contributed by atoms with Gasteiger partial charge < -0.3 is 8.92 Å². The summed E-state index contributed by atoms with van der Waals surface area (Å²) in [4.78, 5) is 16.6. The number of hydrogen-bond acceptors (Lipinski definition) is 7. The Bertz CT molecular complexity index is 1230. The number of hydrogen-bond donors (Lipinski definition) is 0. The summed E-state index contributed by atoms with van der Waals surface area (Å²) in [5.74, 6) is -1.04. The number of aromatic nitrogens is 1. The minimum atomic E-state index is -5.87. The first-order valence-electron chi connectivity index (χ1n) is 8.63. The molecule has 3 aromatic rings. The second-order valence-corrected chi connectivity index (χ2v) is 8.87. The standard InChI is InChI=1S/C19H16F3NO5S2/c1-4-27-18(24)16-11(3)23-17(29-16)13-8-12-6-5-10(2)7-14(12)15(9-13)28-30(25,26)19(20,21)22/h5-9H,4H2,1-3H3. The van der Waals surface area contributed by atoms with Gasteiger partial charge in [-0.2, -0.15) is 21.6 Å². The molecule has 1 aromatic heterocycles. The van der Waals surface area contributed by atoms with E-state index in [-0.39, 0.29) is 16.9 Å². The van der Waals surface area contributed by atoms with E-state index in [9.17, 15) is 26.4 Å². The highest BCUT2D eigenvalue weighted by molar-refractivity contribution is 7.88. The molecule has 0 aliphatic carbocycles. The smallest absolute Gasteiger partial charge is 0.462 e. The van der Waals surface area contributed by atoms with E-state index >= 15 is 0 Å². The second-order valence-electron chi connectivity index (χ2n) is 6.34. The van der Waals surface area contributed by atoms with Crippen molar-refractivity contribution in [2.45, 2.75) is 26.3 Å². The summed E-state index contributed by atoms with van der Waals surface area (Å²) < 4.78 is 71.2. The Morgan fingerprint density at radius 2 is 1.87 bits per heavy atom. The molecule has 0 atom stereocenters. The zero-order chi connectivity index (χ0) is 22.3. The molecule has 0 spiro atoms. The zero-order valence-electron chi connectivity index (χ0n) is 16.0. The fourth-order valence-corrected chi connectivity index (χ4v) is 4.12. The maximum absolute atomic E-state index is 12.9. The van der Waals surface area contributed by atoms with Crippen LogP contribution >= 0.6 is 11.3 Å². The topological polar surface area (TPSA) is 82.6 Å². The van der Waals surface area contributed by atoms with Crippen molar-refractivity contribution in [3.8, 4) is 16.3 Å². The first-order valence-corrected chi connectivity index (χ1v) is 10.9. The summed E-state index contributed by atoms with van der Waals surface area (Å²) >= 11 is 0.992. The molecular weight excluding hydrogens is 443 g/mol. The summed E-state index contributed by atoms with van der Waals surface area (Å²) in [6.07, 6.45) is 0. The number of esters is 1. The third-order valence-corrected chi connectivity index (χ3v) is 6.21. The molecule has 0 aliphatic heterocycles. The van der Waals surface area contributed by atoms with Crippen LogP contribution in [0, 0.1) is 13.8 Å². The molecule has 6 nitrogen and oxygen atoms in total. The van der Waals surface area contributed by atoms with Gasteiger partial charge in [0.15, 0.2) is 5.75 Å². The third kappa shape index (κ3) is 4.26. The third-order valence-electron chi connectivity index (χ3n) is 4.06. The van der Waals surface area contributed by atoms with Gasteiger partial charge in [-0.1, -0.05) is 17.7 Å². The molecule has 0 fully saturated rings. The highest BCUT2D eigenvalue weighted by atomic mass is 32.2. The fraction of sp³-hybridized carbons (Fsp3) is 0.263. The second kappa shape index (κ2) is 7.88. The van der Waals surface area contributed by atoms with E-state index in [1.807, 2.05) is 0 Å². The van der Waals surface area contributed by atoms with E-state index in [2.05, 4.69) is 9.17 Å². The minimum absolute atomic E-state index is 0.175. The van der Waals surface area contributed by atoms with Gasteiger partial charge in [-0.15, -0.1) is 11.3 Å². The molecule has 0 radical (unpaired) electrons. The van der Waals surface area contributed by atoms with Crippen LogP contribution in [0.2, 0.25) is 0 Å². The number of rotatable bonds is 5. The van der Waals surface area contributed by atoms with E-state index in [1.54, 1.807) is 39.0 Å². The average Bonchev–Trinajstić information content (AvgIpc) is 3.03. The lowest BCUT2D eigenvalue weighted by Gasteiger charge is -2.13. The molecule has 0 saturated carbocycles. The van der Waals surface area contributed by atoms with Crippen LogP contribution in [-0.4, -0.2) is 31.5 Å². The quantitative estimate of drug-likeness (QED) is 0.304. The SMILES string of the molecule is CCOC(=O)c1sc(-c2cc(OS(=O)(=O)C(F)(F)F)c3cc(C)ccc3c2)nc1C. The van der Waals surface area contributed by atoms with Crippen molar-refractivity contribution in [1.82, 2.24) is 4.98 Å². The van der Waals surface area contributed by atoms with Gasteiger partial charge in [0.2, 0.25) is 0 Å². The maximum atomic E-state index is 12.9. The number of ether oxygens (including phenoxy) is 1. The molecule has 0 saturated heterocycles. The molecule has 30 heavy (non-hydrogen) atoms. The first kappa shape index (κ1) is 22.0. The van der Waals surface area contributed by atoms with E-state index in [1.165, 1.54) is 6.07 Å². The van der Waals surface area contributed by atoms with E-state index < -0.39 is 27.3 Å². The van der Waals surface area contributed by atoms with Gasteiger partial charge in [-0.3, -0.25) is 0 Å². The predicted octanol–water partition coefficient (Wildman–Crippen LogP) is 4.99. The van der Waals surface area contributed by atoms with Crippen LogP contribution in [0.5, 0.6) is 5.75 Å². The number of carbonyl (C=O) groups excluding carboxylic acids is 1. The monoisotopic (exact) mass is 459 g/mol. The number of thiazole rings is 1. The minimum Gasteiger partial charge on any atom is -0.462 e. The van der Waals surface area contributed by atoms with Crippen molar-refractivity contribution in [2.24, 2.45) is 0 Å². The van der Waals surface area contributed by atoms with Crippen LogP contribution < -0.4 is 4.18 Å². The molecule has 1 heterocycles. The van der Waals surface area contributed by atoms with Crippen molar-refractivity contribution in [3.05, 3.63) is 46.5 Å². The number of halogens is 3. The Morgan fingerprint density at radius 3 is 2.50 bits per heavy atom. The largest absolute Gasteiger partial charge is 0.534 e. The molecule has 0 N–H and O–H groups in total. The Labute approximate surface area is 174 Å². The van der Waals surface area contributed by atoms with Crippen molar-refractivity contribution >= 4 is 38.2 Å². The summed E-state index contributed by atoms with van der Waals surface area (Å²) in [6.45, 7) is 5.15. The maximum Gasteiger partial charge on any atom is 0.534 e. The van der Waals surface area contributed by atoms with Crippen LogP contribution in [0.1, 0.15) is 27.9 Å². The van der Waals surface area contributed by atoms with Gasteiger partial charge in [0.05, 0.1) is 12.3 Å². The normalized spacial score (nSPS) is 12.2.